The van der Waals surface area contributed by atoms with E-state index in [2.05, 4.69) is 19.2 Å². The summed E-state index contributed by atoms with van der Waals surface area (Å²) in [4.78, 5) is 12.0. The first-order valence-corrected chi connectivity index (χ1v) is 7.85. The molecule has 0 bridgehead atoms. The molecule has 0 aromatic carbocycles. The van der Waals surface area contributed by atoms with Crippen LogP contribution in [0.25, 0.3) is 0 Å². The molecule has 4 nitrogen and oxygen atoms in total. The number of methoxy groups -OCH3 is 1. The molecule has 0 aromatic rings. The second-order valence-corrected chi connectivity index (χ2v) is 6.66. The zero-order chi connectivity index (χ0) is 15.2. The average molecular weight is 285 g/mol. The van der Waals surface area contributed by atoms with Crippen molar-refractivity contribution in [3.63, 3.8) is 0 Å². The van der Waals surface area contributed by atoms with Crippen LogP contribution in [0.4, 0.5) is 0 Å². The van der Waals surface area contributed by atoms with Crippen LogP contribution in [0.1, 0.15) is 59.8 Å². The van der Waals surface area contributed by atoms with Crippen molar-refractivity contribution in [2.75, 3.05) is 13.7 Å². The van der Waals surface area contributed by atoms with Crippen LogP contribution in [0.3, 0.4) is 0 Å². The van der Waals surface area contributed by atoms with Crippen LogP contribution in [-0.4, -0.2) is 37.4 Å². The normalized spacial score (nSPS) is 19.7. The van der Waals surface area contributed by atoms with E-state index >= 15 is 0 Å². The van der Waals surface area contributed by atoms with Crippen LogP contribution < -0.4 is 5.32 Å². The summed E-state index contributed by atoms with van der Waals surface area (Å²) in [6, 6.07) is 0.465. The first kappa shape index (κ1) is 17.4. The fourth-order valence-corrected chi connectivity index (χ4v) is 2.51. The molecule has 118 valence electrons. The molecule has 1 rings (SSSR count). The molecule has 0 amide bonds. The van der Waals surface area contributed by atoms with Gasteiger partial charge in [-0.15, -0.1) is 0 Å². The largest absolute Gasteiger partial charge is 0.468 e. The van der Waals surface area contributed by atoms with Gasteiger partial charge in [-0.2, -0.15) is 0 Å². The molecule has 20 heavy (non-hydrogen) atoms. The van der Waals surface area contributed by atoms with Crippen LogP contribution in [0.15, 0.2) is 0 Å². The average Bonchev–Trinajstić information content (AvgIpc) is 3.16. The Hall–Kier alpha value is -0.610. The summed E-state index contributed by atoms with van der Waals surface area (Å²) >= 11 is 0. The highest BCUT2D eigenvalue weighted by Gasteiger charge is 2.40. The highest BCUT2D eigenvalue weighted by Crippen LogP contribution is 2.26. The maximum atomic E-state index is 12.0. The van der Waals surface area contributed by atoms with Gasteiger partial charge >= 0.3 is 5.97 Å². The number of carbonyl (C=O) groups is 1. The van der Waals surface area contributed by atoms with Gasteiger partial charge in [0, 0.05) is 19.1 Å². The number of esters is 1. The second-order valence-electron chi connectivity index (χ2n) is 6.66. The molecular weight excluding hydrogens is 254 g/mol. The zero-order valence-corrected chi connectivity index (χ0v) is 13.7. The molecule has 2 atom stereocenters. The fraction of sp³-hybridized carbons (Fsp3) is 0.938. The van der Waals surface area contributed by atoms with E-state index in [0.29, 0.717) is 18.4 Å². The van der Waals surface area contributed by atoms with Crippen molar-refractivity contribution in [3.05, 3.63) is 0 Å². The van der Waals surface area contributed by atoms with Crippen LogP contribution in [0.2, 0.25) is 0 Å². The molecule has 0 heterocycles. The summed E-state index contributed by atoms with van der Waals surface area (Å²) in [5, 5.41) is 3.40. The van der Waals surface area contributed by atoms with Crippen molar-refractivity contribution in [1.29, 1.82) is 0 Å². The lowest BCUT2D eigenvalue weighted by atomic mass is 9.94. The van der Waals surface area contributed by atoms with Crippen LogP contribution in [0.5, 0.6) is 0 Å². The zero-order valence-electron chi connectivity index (χ0n) is 13.7. The predicted octanol–water partition coefficient (Wildman–Crippen LogP) is 2.90. The maximum Gasteiger partial charge on any atom is 0.325 e. The SMILES string of the molecule is COC(=O)C(C)(CC(C)OCCCC(C)C)NC1CC1. The Labute approximate surface area is 123 Å². The smallest absolute Gasteiger partial charge is 0.325 e. The third-order valence-corrected chi connectivity index (χ3v) is 3.76. The topological polar surface area (TPSA) is 47.6 Å². The number of ether oxygens (including phenoxy) is 2. The van der Waals surface area contributed by atoms with Crippen molar-refractivity contribution in [2.24, 2.45) is 5.92 Å². The van der Waals surface area contributed by atoms with E-state index in [1.807, 2.05) is 13.8 Å². The van der Waals surface area contributed by atoms with Gasteiger partial charge < -0.3 is 9.47 Å². The van der Waals surface area contributed by atoms with Gasteiger partial charge in [0.05, 0.1) is 13.2 Å². The molecule has 1 saturated carbocycles. The minimum Gasteiger partial charge on any atom is -0.468 e. The number of hydrogen-bond acceptors (Lipinski definition) is 4. The number of carbonyl (C=O) groups excluding carboxylic acids is 1. The minimum absolute atomic E-state index is 0.0533. The van der Waals surface area contributed by atoms with E-state index in [0.717, 1.165) is 25.9 Å². The number of hydrogen-bond donors (Lipinski definition) is 1. The van der Waals surface area contributed by atoms with Crippen LogP contribution in [0, 0.1) is 5.92 Å². The highest BCUT2D eigenvalue weighted by molar-refractivity contribution is 5.80. The van der Waals surface area contributed by atoms with E-state index in [1.54, 1.807) is 0 Å². The first-order chi connectivity index (χ1) is 9.37. The van der Waals surface area contributed by atoms with Crippen molar-refractivity contribution in [3.8, 4) is 0 Å². The monoisotopic (exact) mass is 285 g/mol. The summed E-state index contributed by atoms with van der Waals surface area (Å²) in [7, 11) is 1.45. The third kappa shape index (κ3) is 6.23. The maximum absolute atomic E-state index is 12.0. The Morgan fingerprint density at radius 1 is 1.35 bits per heavy atom. The van der Waals surface area contributed by atoms with E-state index in [-0.39, 0.29) is 12.1 Å². The lowest BCUT2D eigenvalue weighted by molar-refractivity contribution is -0.149. The molecule has 2 unspecified atom stereocenters. The van der Waals surface area contributed by atoms with E-state index in [1.165, 1.54) is 13.5 Å². The van der Waals surface area contributed by atoms with Gasteiger partial charge in [-0.3, -0.25) is 10.1 Å². The Morgan fingerprint density at radius 3 is 2.50 bits per heavy atom. The summed E-state index contributed by atoms with van der Waals surface area (Å²) in [5.41, 5.74) is -0.632. The van der Waals surface area contributed by atoms with Gasteiger partial charge in [0.1, 0.15) is 5.54 Å². The molecule has 0 spiro atoms. The Bertz CT molecular complexity index is 302. The molecule has 0 aliphatic heterocycles. The molecule has 0 aromatic heterocycles. The first-order valence-electron chi connectivity index (χ1n) is 7.85. The van der Waals surface area contributed by atoms with Gasteiger partial charge in [0.2, 0.25) is 0 Å². The lowest BCUT2D eigenvalue weighted by Gasteiger charge is -2.30. The van der Waals surface area contributed by atoms with Crippen molar-refractivity contribution < 1.29 is 14.3 Å². The molecule has 1 N–H and O–H groups in total. The fourth-order valence-electron chi connectivity index (χ4n) is 2.51. The van der Waals surface area contributed by atoms with Crippen molar-refractivity contribution in [1.82, 2.24) is 5.32 Å². The molecule has 1 aliphatic rings. The third-order valence-electron chi connectivity index (χ3n) is 3.76. The number of nitrogens with one attached hydrogen (secondary N) is 1. The van der Waals surface area contributed by atoms with E-state index in [4.69, 9.17) is 9.47 Å². The van der Waals surface area contributed by atoms with Gasteiger partial charge in [-0.25, -0.2) is 0 Å². The molecule has 0 radical (unpaired) electrons. The minimum atomic E-state index is -0.632. The molecule has 0 saturated heterocycles. The summed E-state index contributed by atoms with van der Waals surface area (Å²) in [5.74, 6) is 0.521. The second kappa shape index (κ2) is 7.99. The standard InChI is InChI=1S/C16H31NO3/c1-12(2)7-6-10-20-13(3)11-16(4,15(18)19-5)17-14-8-9-14/h12-14,17H,6-11H2,1-5H3. The Kier molecular flexibility index (Phi) is 6.96. The summed E-state index contributed by atoms with van der Waals surface area (Å²) < 4.78 is 10.8. The predicted molar refractivity (Wildman–Crippen MR) is 80.7 cm³/mol. The Balaban J connectivity index is 2.37. The molecule has 1 aliphatic carbocycles. The number of rotatable bonds is 10. The van der Waals surface area contributed by atoms with Crippen molar-refractivity contribution in [2.45, 2.75) is 77.5 Å². The van der Waals surface area contributed by atoms with E-state index < -0.39 is 5.54 Å². The molecular formula is C16H31NO3. The van der Waals surface area contributed by atoms with E-state index in [9.17, 15) is 4.79 Å². The van der Waals surface area contributed by atoms with Crippen LogP contribution in [-0.2, 0) is 14.3 Å². The lowest BCUT2D eigenvalue weighted by Crippen LogP contribution is -2.53. The van der Waals surface area contributed by atoms with Crippen molar-refractivity contribution >= 4 is 5.97 Å². The van der Waals surface area contributed by atoms with Crippen LogP contribution >= 0.6 is 0 Å². The summed E-state index contributed by atoms with van der Waals surface area (Å²) in [6.45, 7) is 9.16. The molecule has 1 fully saturated rings. The summed E-state index contributed by atoms with van der Waals surface area (Å²) in [6.07, 6.45) is 5.26. The van der Waals surface area contributed by atoms with Gasteiger partial charge in [0.25, 0.3) is 0 Å². The highest BCUT2D eigenvalue weighted by atomic mass is 16.5. The Morgan fingerprint density at radius 2 is 2.00 bits per heavy atom. The quantitative estimate of drug-likeness (QED) is 0.495. The van der Waals surface area contributed by atoms with Gasteiger partial charge in [0.15, 0.2) is 0 Å². The molecule has 4 heteroatoms. The van der Waals surface area contributed by atoms with Gasteiger partial charge in [-0.1, -0.05) is 13.8 Å². The van der Waals surface area contributed by atoms with Gasteiger partial charge in [-0.05, 0) is 45.4 Å².